The van der Waals surface area contributed by atoms with Crippen LogP contribution in [0.3, 0.4) is 0 Å². The SMILES string of the molecule is COc1ccc2cc1Oc1ccc(cc1)C[C@H]1C(=O)N(C)[C@@H](C2)C(=O)N[C@H](C)C(=O)N[C@@H](C)C(=O)N(C)[C@@H](Cc2ccc(C)cc2)C(=O)N[C@@H](C)C(=O)N1C. The summed E-state index contributed by atoms with van der Waals surface area (Å²) in [6.45, 7) is 6.42. The average molecular weight is 755 g/mol. The predicted octanol–water partition coefficient (Wildman–Crippen LogP) is 2.15. The highest BCUT2D eigenvalue weighted by molar-refractivity contribution is 5.98. The Morgan fingerprint density at radius 1 is 0.636 bits per heavy atom. The van der Waals surface area contributed by atoms with Crippen LogP contribution in [0.2, 0.25) is 0 Å². The van der Waals surface area contributed by atoms with E-state index in [0.717, 1.165) is 11.1 Å². The van der Waals surface area contributed by atoms with E-state index in [1.807, 2.05) is 31.2 Å². The number of fused-ring (bicyclic) bond motifs is 2. The highest BCUT2D eigenvalue weighted by Gasteiger charge is 2.39. The van der Waals surface area contributed by atoms with Gasteiger partial charge in [-0.3, -0.25) is 28.8 Å². The predicted molar refractivity (Wildman–Crippen MR) is 204 cm³/mol. The lowest BCUT2D eigenvalue weighted by atomic mass is 9.98. The van der Waals surface area contributed by atoms with E-state index in [1.165, 1.54) is 63.7 Å². The van der Waals surface area contributed by atoms with Crippen LogP contribution in [0, 0.1) is 6.92 Å². The van der Waals surface area contributed by atoms with Gasteiger partial charge in [-0.1, -0.05) is 48.0 Å². The number of methoxy groups -OCH3 is 1. The van der Waals surface area contributed by atoms with Crippen LogP contribution >= 0.6 is 0 Å². The van der Waals surface area contributed by atoms with Crippen molar-refractivity contribution in [3.63, 3.8) is 0 Å². The second-order valence-corrected chi connectivity index (χ2v) is 14.4. The molecule has 3 aromatic rings. The first-order valence-corrected chi connectivity index (χ1v) is 18.3. The van der Waals surface area contributed by atoms with Gasteiger partial charge in [0.15, 0.2) is 11.5 Å². The fourth-order valence-corrected chi connectivity index (χ4v) is 6.80. The van der Waals surface area contributed by atoms with E-state index >= 15 is 0 Å². The Bertz CT molecular complexity index is 1930. The summed E-state index contributed by atoms with van der Waals surface area (Å²) in [6.07, 6.45) is 0.208. The highest BCUT2D eigenvalue weighted by atomic mass is 16.5. The normalized spacial score (nSPS) is 24.6. The average Bonchev–Trinajstić information content (AvgIpc) is 3.16. The Morgan fingerprint density at radius 2 is 1.18 bits per heavy atom. The molecule has 0 spiro atoms. The van der Waals surface area contributed by atoms with Gasteiger partial charge < -0.3 is 40.1 Å². The van der Waals surface area contributed by atoms with E-state index in [-0.39, 0.29) is 19.3 Å². The molecule has 3 heterocycles. The number of likely N-dealkylation sites (N-methyl/N-ethyl adjacent to an activating group) is 3. The number of carbonyl (C=O) groups is 6. The van der Waals surface area contributed by atoms with Crippen molar-refractivity contribution in [1.29, 1.82) is 0 Å². The fourth-order valence-electron chi connectivity index (χ4n) is 6.80. The molecule has 6 atom stereocenters. The molecule has 14 heteroatoms. The molecule has 3 aromatic carbocycles. The zero-order valence-electron chi connectivity index (χ0n) is 32.5. The van der Waals surface area contributed by atoms with Gasteiger partial charge in [0.05, 0.1) is 7.11 Å². The number of amides is 6. The summed E-state index contributed by atoms with van der Waals surface area (Å²) in [5.74, 6) is -2.13. The van der Waals surface area contributed by atoms with Crippen LogP contribution in [0.1, 0.15) is 43.0 Å². The van der Waals surface area contributed by atoms with Gasteiger partial charge >= 0.3 is 0 Å². The molecule has 292 valence electrons. The second kappa shape index (κ2) is 17.0. The van der Waals surface area contributed by atoms with Crippen molar-refractivity contribution >= 4 is 35.4 Å². The van der Waals surface area contributed by atoms with Gasteiger partial charge in [-0.25, -0.2) is 0 Å². The Labute approximate surface area is 321 Å². The molecule has 0 saturated carbocycles. The number of hydrogen-bond donors (Lipinski definition) is 3. The summed E-state index contributed by atoms with van der Waals surface area (Å²) in [6, 6.07) is 13.1. The number of aryl methyl sites for hydroxylation is 1. The zero-order chi connectivity index (χ0) is 40.1. The number of ether oxygens (including phenoxy) is 2. The summed E-state index contributed by atoms with van der Waals surface area (Å²) in [7, 11) is 5.95. The van der Waals surface area contributed by atoms with Crippen molar-refractivity contribution in [3.8, 4) is 17.2 Å². The van der Waals surface area contributed by atoms with Crippen molar-refractivity contribution in [1.82, 2.24) is 30.7 Å². The van der Waals surface area contributed by atoms with Crippen molar-refractivity contribution in [2.75, 3.05) is 28.3 Å². The van der Waals surface area contributed by atoms with Crippen LogP contribution in [-0.4, -0.2) is 115 Å². The van der Waals surface area contributed by atoms with Crippen LogP contribution < -0.4 is 25.4 Å². The van der Waals surface area contributed by atoms with Gasteiger partial charge in [-0.05, 0) is 68.7 Å². The summed E-state index contributed by atoms with van der Waals surface area (Å²) < 4.78 is 11.7. The van der Waals surface area contributed by atoms with Gasteiger partial charge in [-0.2, -0.15) is 0 Å². The third-order valence-corrected chi connectivity index (χ3v) is 10.3. The molecule has 14 nitrogen and oxygen atoms in total. The van der Waals surface area contributed by atoms with Crippen molar-refractivity contribution in [2.45, 2.75) is 83.2 Å². The number of hydrogen-bond acceptors (Lipinski definition) is 8. The van der Waals surface area contributed by atoms with Crippen LogP contribution in [0.4, 0.5) is 0 Å². The Balaban J connectivity index is 1.58. The van der Waals surface area contributed by atoms with E-state index in [0.29, 0.717) is 28.4 Å². The molecule has 3 aliphatic heterocycles. The molecule has 3 N–H and O–H groups in total. The minimum atomic E-state index is -1.15. The molecule has 1 saturated heterocycles. The first kappa shape index (κ1) is 40.3. The van der Waals surface area contributed by atoms with Crippen molar-refractivity contribution in [3.05, 3.63) is 89.0 Å². The van der Waals surface area contributed by atoms with Gasteiger partial charge in [0.25, 0.3) is 0 Å². The lowest BCUT2D eigenvalue weighted by Gasteiger charge is -2.36. The molecule has 0 radical (unpaired) electrons. The standard InChI is InChI=1S/C41H50N6O8/c1-23-9-11-27(12-10-23)19-31-38(50)44-26(4)40(52)47(7)33-20-28-13-16-30(17-14-28)55-35-22-29(15-18-34(35)54-8)21-32(46(6)41(33)53)37(49)42-24(2)36(48)43-25(3)39(51)45(31)5/h9-18,22,24-26,31-33H,19-21H2,1-8H3,(H,42,49)(H,43,48)(H,44,50)/t24-,25+,26+,31+,32+,33+/m1/s1. The Morgan fingerprint density at radius 3 is 1.82 bits per heavy atom. The lowest BCUT2D eigenvalue weighted by Crippen LogP contribution is -2.61. The minimum Gasteiger partial charge on any atom is -0.493 e. The molecule has 0 unspecified atom stereocenters. The number of benzene rings is 3. The number of nitrogens with one attached hydrogen (secondary N) is 3. The smallest absolute Gasteiger partial charge is 0.246 e. The van der Waals surface area contributed by atoms with Crippen LogP contribution in [-0.2, 0) is 48.0 Å². The second-order valence-electron chi connectivity index (χ2n) is 14.4. The van der Waals surface area contributed by atoms with Crippen molar-refractivity contribution < 1.29 is 38.2 Å². The molecule has 6 rings (SSSR count). The summed E-state index contributed by atoms with van der Waals surface area (Å²) >= 11 is 0. The lowest BCUT2D eigenvalue weighted by molar-refractivity contribution is -0.149. The minimum absolute atomic E-state index is 0.0131. The van der Waals surface area contributed by atoms with Crippen LogP contribution in [0.25, 0.3) is 0 Å². The van der Waals surface area contributed by atoms with Gasteiger partial charge in [0, 0.05) is 40.4 Å². The van der Waals surface area contributed by atoms with E-state index < -0.39 is 71.7 Å². The summed E-state index contributed by atoms with van der Waals surface area (Å²) in [5.41, 5.74) is 3.13. The van der Waals surface area contributed by atoms with E-state index in [9.17, 15) is 28.8 Å². The molecule has 6 amide bonds. The third-order valence-electron chi connectivity index (χ3n) is 10.3. The van der Waals surface area contributed by atoms with Gasteiger partial charge in [-0.15, -0.1) is 0 Å². The highest BCUT2D eigenvalue weighted by Crippen LogP contribution is 2.34. The van der Waals surface area contributed by atoms with E-state index in [4.69, 9.17) is 9.47 Å². The molecule has 3 aliphatic rings. The summed E-state index contributed by atoms with van der Waals surface area (Å²) in [5, 5.41) is 8.17. The largest absolute Gasteiger partial charge is 0.493 e. The number of rotatable bonds is 3. The number of carbonyl (C=O) groups excluding carboxylic acids is 6. The molecule has 1 fully saturated rings. The molecule has 0 aromatic heterocycles. The zero-order valence-corrected chi connectivity index (χ0v) is 32.5. The van der Waals surface area contributed by atoms with Gasteiger partial charge in [0.1, 0.15) is 42.0 Å². The number of nitrogens with zero attached hydrogens (tertiary/aromatic N) is 3. The molecule has 55 heavy (non-hydrogen) atoms. The first-order valence-electron chi connectivity index (χ1n) is 18.3. The fraction of sp³-hybridized carbons (Fsp3) is 0.415. The van der Waals surface area contributed by atoms with E-state index in [2.05, 4.69) is 16.0 Å². The first-order chi connectivity index (χ1) is 26.1. The quantitative estimate of drug-likeness (QED) is 0.366. The van der Waals surface area contributed by atoms with Crippen LogP contribution in [0.5, 0.6) is 17.2 Å². The topological polar surface area (TPSA) is 167 Å². The maximum atomic E-state index is 14.6. The maximum absolute atomic E-state index is 14.6. The molecular formula is C41H50N6O8. The van der Waals surface area contributed by atoms with Crippen molar-refractivity contribution in [2.24, 2.45) is 0 Å². The Hall–Kier alpha value is -5.92. The third kappa shape index (κ3) is 9.25. The maximum Gasteiger partial charge on any atom is 0.246 e. The molecular weight excluding hydrogens is 704 g/mol. The summed E-state index contributed by atoms with van der Waals surface area (Å²) in [4.78, 5) is 88.1. The molecule has 6 bridgehead atoms. The van der Waals surface area contributed by atoms with Crippen LogP contribution in [0.15, 0.2) is 66.7 Å². The molecule has 0 aliphatic carbocycles. The van der Waals surface area contributed by atoms with E-state index in [1.54, 1.807) is 42.5 Å². The van der Waals surface area contributed by atoms with Gasteiger partial charge in [0.2, 0.25) is 35.4 Å². The monoisotopic (exact) mass is 754 g/mol. The Kier molecular flexibility index (Phi) is 12.5.